The lowest BCUT2D eigenvalue weighted by atomic mass is 9.89. The number of amides is 2. The number of benzene rings is 2. The maximum atomic E-state index is 13.4. The number of aromatic nitrogens is 2. The zero-order valence-corrected chi connectivity index (χ0v) is 21.7. The Morgan fingerprint density at radius 1 is 0.974 bits per heavy atom. The van der Waals surface area contributed by atoms with Crippen molar-refractivity contribution in [2.75, 3.05) is 6.61 Å². The Hall–Kier alpha value is -3.65. The lowest BCUT2D eigenvalue weighted by Crippen LogP contribution is -2.46. The number of aromatic amines is 1. The van der Waals surface area contributed by atoms with E-state index in [0.29, 0.717) is 40.5 Å². The molecule has 3 unspecified atom stereocenters. The highest BCUT2D eigenvalue weighted by Crippen LogP contribution is 2.45. The fraction of sp³-hybridized carbons (Fsp3) is 0.267. The third kappa shape index (κ3) is 3.50. The molecular weight excluding hydrogens is 502 g/mol. The number of fused-ring (bicyclic) bond motifs is 3. The molecule has 192 valence electrons. The first-order valence-electron chi connectivity index (χ1n) is 12.8. The van der Waals surface area contributed by atoms with Crippen LogP contribution in [0.4, 0.5) is 0 Å². The van der Waals surface area contributed by atoms with Gasteiger partial charge in [0.1, 0.15) is 5.15 Å². The number of nitrogens with one attached hydrogen (secondary N) is 2. The first kappa shape index (κ1) is 23.5. The summed E-state index contributed by atoms with van der Waals surface area (Å²) < 4.78 is 14.2. The molecule has 8 heteroatoms. The van der Waals surface area contributed by atoms with Crippen LogP contribution in [0.3, 0.4) is 0 Å². The van der Waals surface area contributed by atoms with E-state index in [-0.39, 0.29) is 18.1 Å². The molecule has 0 bridgehead atoms. The van der Waals surface area contributed by atoms with E-state index in [1.54, 1.807) is 6.20 Å². The van der Waals surface area contributed by atoms with Crippen LogP contribution in [0.2, 0.25) is 5.15 Å². The number of para-hydroxylation sites is 2. The van der Waals surface area contributed by atoms with E-state index in [1.165, 1.54) is 0 Å². The monoisotopic (exact) mass is 527 g/mol. The van der Waals surface area contributed by atoms with Gasteiger partial charge in [-0.25, -0.2) is 0 Å². The van der Waals surface area contributed by atoms with E-state index in [1.807, 2.05) is 62.4 Å². The van der Waals surface area contributed by atoms with Crippen LogP contribution in [0, 0.1) is 5.92 Å². The van der Waals surface area contributed by atoms with Crippen molar-refractivity contribution in [2.45, 2.75) is 38.2 Å². The third-order valence-corrected chi connectivity index (χ3v) is 8.18. The maximum Gasteiger partial charge on any atom is 0.259 e. The smallest absolute Gasteiger partial charge is 0.259 e. The van der Waals surface area contributed by atoms with Gasteiger partial charge in [-0.3, -0.25) is 14.9 Å². The summed E-state index contributed by atoms with van der Waals surface area (Å²) in [4.78, 5) is 29.8. The van der Waals surface area contributed by atoms with Gasteiger partial charge >= 0.3 is 0 Å². The van der Waals surface area contributed by atoms with Gasteiger partial charge < -0.3 is 19.0 Å². The highest BCUT2D eigenvalue weighted by molar-refractivity contribution is 6.52. The Morgan fingerprint density at radius 2 is 1.71 bits per heavy atom. The molecule has 4 heterocycles. The minimum absolute atomic E-state index is 0.0215. The standard InChI is InChI=1S/C30H26ClN3O4/c1-30(2)37-15-16-11-12-17(13-23(16)38-30)34-22-10-6-4-8-19(22)24(27(34)31)26-25(28(35)33-29(26)36)20-14-32-21-9-5-3-7-18(20)21/h3-12,14,16-17,23,32H,13,15H2,1-2H3,(H,33,35,36). The summed E-state index contributed by atoms with van der Waals surface area (Å²) in [5.74, 6) is -1.35. The van der Waals surface area contributed by atoms with Crippen LogP contribution in [0.25, 0.3) is 33.0 Å². The SMILES string of the molecule is CC1(C)OCC2C=CC(n3c(Cl)c(C4=C(c5c[nH]c6ccccc56)C(=O)NC4=O)c4ccccc43)CC2O1. The van der Waals surface area contributed by atoms with Gasteiger partial charge in [-0.15, -0.1) is 0 Å². The van der Waals surface area contributed by atoms with Crippen molar-refractivity contribution in [1.82, 2.24) is 14.9 Å². The topological polar surface area (TPSA) is 85.4 Å². The van der Waals surface area contributed by atoms with Crippen molar-refractivity contribution in [3.8, 4) is 0 Å². The third-order valence-electron chi connectivity index (χ3n) is 7.81. The van der Waals surface area contributed by atoms with Gasteiger partial charge in [0.25, 0.3) is 11.8 Å². The number of rotatable bonds is 3. The molecule has 2 N–H and O–H groups in total. The molecule has 1 aliphatic carbocycles. The number of allylic oxidation sites excluding steroid dienone is 1. The number of hydrogen-bond donors (Lipinski definition) is 2. The van der Waals surface area contributed by atoms with Gasteiger partial charge in [0, 0.05) is 39.5 Å². The Kier molecular flexibility index (Phi) is 5.20. The number of halogens is 1. The van der Waals surface area contributed by atoms with Crippen LogP contribution in [0.1, 0.15) is 37.4 Å². The second-order valence-corrected chi connectivity index (χ2v) is 10.9. The number of carbonyl (C=O) groups excluding carboxylic acids is 2. The van der Waals surface area contributed by atoms with Crippen molar-refractivity contribution in [1.29, 1.82) is 0 Å². The van der Waals surface area contributed by atoms with Gasteiger partial charge in [-0.05, 0) is 32.4 Å². The summed E-state index contributed by atoms with van der Waals surface area (Å²) in [5.41, 5.74) is 3.63. The molecular formula is C30H26ClN3O4. The quantitative estimate of drug-likeness (QED) is 0.268. The second-order valence-electron chi connectivity index (χ2n) is 10.6. The first-order valence-corrected chi connectivity index (χ1v) is 13.2. The van der Waals surface area contributed by atoms with Gasteiger partial charge in [-0.1, -0.05) is 60.2 Å². The molecule has 2 aliphatic heterocycles. The normalized spacial score (nSPS) is 24.9. The number of carbonyl (C=O) groups is 2. The summed E-state index contributed by atoms with van der Waals surface area (Å²) in [6.07, 6.45) is 6.75. The largest absolute Gasteiger partial charge is 0.361 e. The van der Waals surface area contributed by atoms with E-state index >= 15 is 0 Å². The number of imide groups is 1. The van der Waals surface area contributed by atoms with Crippen molar-refractivity contribution in [3.05, 3.63) is 83.2 Å². The fourth-order valence-electron chi connectivity index (χ4n) is 6.10. The molecule has 2 aromatic heterocycles. The summed E-state index contributed by atoms with van der Waals surface area (Å²) in [6.45, 7) is 4.47. The highest BCUT2D eigenvalue weighted by Gasteiger charge is 2.41. The van der Waals surface area contributed by atoms with Crippen molar-refractivity contribution < 1.29 is 19.1 Å². The van der Waals surface area contributed by atoms with Crippen LogP contribution < -0.4 is 5.32 Å². The maximum absolute atomic E-state index is 13.4. The van der Waals surface area contributed by atoms with Gasteiger partial charge in [0.05, 0.1) is 35.4 Å². The minimum atomic E-state index is -0.647. The predicted octanol–water partition coefficient (Wildman–Crippen LogP) is 5.61. The molecule has 1 saturated heterocycles. The molecule has 2 amide bonds. The zero-order chi connectivity index (χ0) is 26.2. The molecule has 0 radical (unpaired) electrons. The lowest BCUT2D eigenvalue weighted by Gasteiger charge is -2.43. The van der Waals surface area contributed by atoms with Crippen molar-refractivity contribution in [3.63, 3.8) is 0 Å². The average Bonchev–Trinajstić information content (AvgIpc) is 3.53. The summed E-state index contributed by atoms with van der Waals surface area (Å²) >= 11 is 7.19. The Balaban J connectivity index is 1.43. The van der Waals surface area contributed by atoms with E-state index < -0.39 is 17.6 Å². The van der Waals surface area contributed by atoms with Crippen LogP contribution in [-0.2, 0) is 19.1 Å². The van der Waals surface area contributed by atoms with E-state index in [2.05, 4.69) is 27.0 Å². The number of hydrogen-bond acceptors (Lipinski definition) is 4. The Morgan fingerprint density at radius 3 is 2.55 bits per heavy atom. The number of ether oxygens (including phenoxy) is 2. The molecule has 2 aromatic carbocycles. The predicted molar refractivity (Wildman–Crippen MR) is 146 cm³/mol. The van der Waals surface area contributed by atoms with Crippen LogP contribution >= 0.6 is 11.6 Å². The van der Waals surface area contributed by atoms with Crippen molar-refractivity contribution >= 4 is 56.4 Å². The van der Waals surface area contributed by atoms with Crippen LogP contribution in [0.5, 0.6) is 0 Å². The fourth-order valence-corrected chi connectivity index (χ4v) is 6.51. The summed E-state index contributed by atoms with van der Waals surface area (Å²) in [7, 11) is 0. The molecule has 7 rings (SSSR count). The second kappa shape index (κ2) is 8.43. The van der Waals surface area contributed by atoms with Gasteiger partial charge in [0.2, 0.25) is 0 Å². The highest BCUT2D eigenvalue weighted by atomic mass is 35.5. The molecule has 0 saturated carbocycles. The number of nitrogens with zero attached hydrogens (tertiary/aromatic N) is 1. The van der Waals surface area contributed by atoms with E-state index in [0.717, 1.165) is 21.8 Å². The average molecular weight is 528 g/mol. The van der Waals surface area contributed by atoms with Gasteiger partial charge in [-0.2, -0.15) is 0 Å². The molecule has 38 heavy (non-hydrogen) atoms. The Bertz CT molecular complexity index is 1710. The van der Waals surface area contributed by atoms with Gasteiger partial charge in [0.15, 0.2) is 5.79 Å². The van der Waals surface area contributed by atoms with Crippen LogP contribution in [-0.4, -0.2) is 39.9 Å². The number of H-pyrrole nitrogens is 1. The van der Waals surface area contributed by atoms with Crippen LogP contribution in [0.15, 0.2) is 66.9 Å². The zero-order valence-electron chi connectivity index (χ0n) is 21.0. The first-order chi connectivity index (χ1) is 18.3. The molecule has 4 aromatic rings. The summed E-state index contributed by atoms with van der Waals surface area (Å²) in [5, 5.41) is 4.62. The lowest BCUT2D eigenvalue weighted by molar-refractivity contribution is -0.289. The molecule has 3 atom stereocenters. The van der Waals surface area contributed by atoms with E-state index in [9.17, 15) is 9.59 Å². The Labute approximate surface area is 224 Å². The summed E-state index contributed by atoms with van der Waals surface area (Å²) in [6, 6.07) is 15.4. The molecule has 7 nitrogen and oxygen atoms in total. The molecule has 0 spiro atoms. The molecule has 3 aliphatic rings. The molecule has 1 fully saturated rings. The van der Waals surface area contributed by atoms with E-state index in [4.69, 9.17) is 21.1 Å². The minimum Gasteiger partial charge on any atom is -0.361 e. The van der Waals surface area contributed by atoms with Crippen molar-refractivity contribution in [2.24, 2.45) is 5.92 Å².